The van der Waals surface area contributed by atoms with E-state index in [1.165, 1.54) is 0 Å². The van der Waals surface area contributed by atoms with Gasteiger partial charge in [0.05, 0.1) is 25.6 Å². The van der Waals surface area contributed by atoms with Crippen LogP contribution < -0.4 is 10.3 Å². The van der Waals surface area contributed by atoms with Gasteiger partial charge in [0.2, 0.25) is 0 Å². The van der Waals surface area contributed by atoms with Crippen LogP contribution in [0.15, 0.2) is 66.3 Å². The number of aromatic amines is 1. The molecule has 0 spiro atoms. The van der Waals surface area contributed by atoms with Crippen LogP contribution in [-0.2, 0) is 4.74 Å². The Kier molecular flexibility index (Phi) is 4.89. The van der Waals surface area contributed by atoms with E-state index in [-0.39, 0.29) is 0 Å². The second-order valence-electron chi connectivity index (χ2n) is 7.65. The van der Waals surface area contributed by atoms with E-state index in [1.54, 1.807) is 24.8 Å². The summed E-state index contributed by atoms with van der Waals surface area (Å²) in [5.74, 6) is 1.55. The standard InChI is InChI=1S/C23H21N9O/c1-2-4-18-17(3-1)16(13-26-18)14-27-29-21-12-23(31-7-9-33-10-8-31)32-22(28-21)11-19(30-32)20-15-24-5-6-25-20/h1-6,11-15,26H,7-10H2,(H,28,29). The van der Waals surface area contributed by atoms with Crippen LogP contribution in [0, 0.1) is 0 Å². The molecule has 1 aliphatic rings. The van der Waals surface area contributed by atoms with E-state index in [4.69, 9.17) is 14.8 Å². The van der Waals surface area contributed by atoms with Gasteiger partial charge < -0.3 is 14.6 Å². The zero-order chi connectivity index (χ0) is 22.0. The summed E-state index contributed by atoms with van der Waals surface area (Å²) < 4.78 is 7.37. The molecule has 2 N–H and O–H groups in total. The predicted octanol–water partition coefficient (Wildman–Crippen LogP) is 2.95. The summed E-state index contributed by atoms with van der Waals surface area (Å²) in [5.41, 5.74) is 7.27. The van der Waals surface area contributed by atoms with Crippen molar-refractivity contribution in [2.45, 2.75) is 0 Å². The Balaban J connectivity index is 1.36. The smallest absolute Gasteiger partial charge is 0.160 e. The van der Waals surface area contributed by atoms with Crippen molar-refractivity contribution in [2.24, 2.45) is 5.10 Å². The zero-order valence-corrected chi connectivity index (χ0v) is 17.7. The number of hydrogen-bond donors (Lipinski definition) is 2. The molecule has 0 aliphatic carbocycles. The lowest BCUT2D eigenvalue weighted by atomic mass is 10.2. The Bertz CT molecular complexity index is 1430. The largest absolute Gasteiger partial charge is 0.378 e. The summed E-state index contributed by atoms with van der Waals surface area (Å²) in [6.45, 7) is 2.89. The number of rotatable bonds is 5. The van der Waals surface area contributed by atoms with Crippen LogP contribution in [0.25, 0.3) is 27.9 Å². The highest BCUT2D eigenvalue weighted by atomic mass is 16.5. The molecule has 0 amide bonds. The molecular weight excluding hydrogens is 418 g/mol. The molecule has 5 aromatic rings. The molecule has 33 heavy (non-hydrogen) atoms. The van der Waals surface area contributed by atoms with Crippen LogP contribution in [0.5, 0.6) is 0 Å². The third-order valence-corrected chi connectivity index (χ3v) is 5.57. The summed E-state index contributed by atoms with van der Waals surface area (Å²) in [6, 6.07) is 12.0. The fourth-order valence-electron chi connectivity index (χ4n) is 3.96. The Morgan fingerprint density at radius 2 is 2.00 bits per heavy atom. The van der Waals surface area contributed by atoms with Crippen LogP contribution in [0.2, 0.25) is 0 Å². The molecule has 1 saturated heterocycles. The monoisotopic (exact) mass is 439 g/mol. The normalized spacial score (nSPS) is 14.5. The van der Waals surface area contributed by atoms with E-state index in [0.29, 0.717) is 36.1 Å². The van der Waals surface area contributed by atoms with Gasteiger partial charge in [-0.05, 0) is 6.07 Å². The van der Waals surface area contributed by atoms with Gasteiger partial charge in [-0.15, -0.1) is 0 Å². The van der Waals surface area contributed by atoms with Gasteiger partial charge in [-0.2, -0.15) is 14.7 Å². The van der Waals surface area contributed by atoms with Crippen LogP contribution in [0.3, 0.4) is 0 Å². The maximum Gasteiger partial charge on any atom is 0.160 e. The minimum atomic E-state index is 0.630. The highest BCUT2D eigenvalue weighted by Gasteiger charge is 2.18. The van der Waals surface area contributed by atoms with E-state index in [0.717, 1.165) is 35.4 Å². The zero-order valence-electron chi connectivity index (χ0n) is 17.7. The summed E-state index contributed by atoms with van der Waals surface area (Å²) in [4.78, 5) is 18.7. The number of anilines is 2. The van der Waals surface area contributed by atoms with Gasteiger partial charge >= 0.3 is 0 Å². The number of morpholine rings is 1. The number of aromatic nitrogens is 6. The van der Waals surface area contributed by atoms with Crippen LogP contribution in [-0.4, -0.2) is 62.1 Å². The molecule has 4 aromatic heterocycles. The molecule has 0 bridgehead atoms. The second kappa shape index (κ2) is 8.32. The van der Waals surface area contributed by atoms with Crippen molar-refractivity contribution in [2.75, 3.05) is 36.6 Å². The number of fused-ring (bicyclic) bond motifs is 2. The number of H-pyrrole nitrogens is 1. The fourth-order valence-corrected chi connectivity index (χ4v) is 3.96. The van der Waals surface area contributed by atoms with Crippen molar-refractivity contribution in [3.8, 4) is 11.4 Å². The highest BCUT2D eigenvalue weighted by Crippen LogP contribution is 2.25. The molecule has 1 aliphatic heterocycles. The molecule has 1 fully saturated rings. The molecule has 0 radical (unpaired) electrons. The van der Waals surface area contributed by atoms with Gasteiger partial charge in [0.1, 0.15) is 17.2 Å². The SMILES string of the molecule is C(=NNc1cc(N2CCOCC2)n2nc(-c3cnccn3)cc2n1)c1c[nH]c2ccccc12. The van der Waals surface area contributed by atoms with Gasteiger partial charge in [-0.25, -0.2) is 4.98 Å². The van der Waals surface area contributed by atoms with E-state index in [2.05, 4.69) is 36.4 Å². The number of benzene rings is 1. The van der Waals surface area contributed by atoms with Crippen molar-refractivity contribution >= 4 is 34.4 Å². The summed E-state index contributed by atoms with van der Waals surface area (Å²) in [6.07, 6.45) is 8.73. The maximum atomic E-state index is 5.53. The van der Waals surface area contributed by atoms with E-state index in [9.17, 15) is 0 Å². The minimum absolute atomic E-state index is 0.630. The molecule has 10 heteroatoms. The number of para-hydroxylation sites is 1. The topological polar surface area (TPSA) is 109 Å². The van der Waals surface area contributed by atoms with Crippen molar-refractivity contribution in [1.82, 2.24) is 29.5 Å². The maximum absolute atomic E-state index is 5.53. The van der Waals surface area contributed by atoms with Gasteiger partial charge in [0.25, 0.3) is 0 Å². The summed E-state index contributed by atoms with van der Waals surface area (Å²) in [7, 11) is 0. The van der Waals surface area contributed by atoms with Crippen LogP contribution in [0.1, 0.15) is 5.56 Å². The molecule has 0 saturated carbocycles. The third kappa shape index (κ3) is 3.76. The van der Waals surface area contributed by atoms with E-state index in [1.807, 2.05) is 41.0 Å². The van der Waals surface area contributed by atoms with E-state index < -0.39 is 0 Å². The first-order valence-corrected chi connectivity index (χ1v) is 10.7. The van der Waals surface area contributed by atoms with Gasteiger partial charge in [-0.1, -0.05) is 18.2 Å². The van der Waals surface area contributed by atoms with Crippen molar-refractivity contribution in [3.63, 3.8) is 0 Å². The molecule has 0 unspecified atom stereocenters. The molecule has 164 valence electrons. The summed E-state index contributed by atoms with van der Waals surface area (Å²) >= 11 is 0. The molecule has 6 rings (SSSR count). The number of hydrogen-bond acceptors (Lipinski definition) is 8. The van der Waals surface area contributed by atoms with Crippen LogP contribution in [0.4, 0.5) is 11.6 Å². The lowest BCUT2D eigenvalue weighted by molar-refractivity contribution is 0.122. The van der Waals surface area contributed by atoms with Gasteiger partial charge in [-0.3, -0.25) is 15.4 Å². The first-order valence-electron chi connectivity index (χ1n) is 10.7. The van der Waals surface area contributed by atoms with Crippen LogP contribution >= 0.6 is 0 Å². The lowest BCUT2D eigenvalue weighted by Gasteiger charge is -2.29. The first-order chi connectivity index (χ1) is 16.3. The average molecular weight is 439 g/mol. The van der Waals surface area contributed by atoms with Crippen molar-refractivity contribution < 1.29 is 4.74 Å². The second-order valence-corrected chi connectivity index (χ2v) is 7.65. The van der Waals surface area contributed by atoms with E-state index >= 15 is 0 Å². The molecule has 10 nitrogen and oxygen atoms in total. The number of nitrogens with zero attached hydrogens (tertiary/aromatic N) is 7. The van der Waals surface area contributed by atoms with Gasteiger partial charge in [0, 0.05) is 60.3 Å². The Hall–Kier alpha value is -4.31. The average Bonchev–Trinajstić information content (AvgIpc) is 3.49. The van der Waals surface area contributed by atoms with Gasteiger partial charge in [0.15, 0.2) is 11.5 Å². The van der Waals surface area contributed by atoms with Crippen molar-refractivity contribution in [3.05, 3.63) is 66.7 Å². The quantitative estimate of drug-likeness (QED) is 0.320. The molecular formula is C23H21N9O. The van der Waals surface area contributed by atoms with Crippen molar-refractivity contribution in [1.29, 1.82) is 0 Å². The Labute approximate surface area is 189 Å². The predicted molar refractivity (Wildman–Crippen MR) is 127 cm³/mol. The molecule has 0 atom stereocenters. The third-order valence-electron chi connectivity index (χ3n) is 5.57. The summed E-state index contributed by atoms with van der Waals surface area (Å²) in [5, 5.41) is 10.3. The molecule has 1 aromatic carbocycles. The highest BCUT2D eigenvalue weighted by molar-refractivity contribution is 5.99. The lowest BCUT2D eigenvalue weighted by Crippen LogP contribution is -2.37. The number of ether oxygens (including phenoxy) is 1. The molecule has 5 heterocycles. The minimum Gasteiger partial charge on any atom is -0.378 e. The number of nitrogens with one attached hydrogen (secondary N) is 2. The Morgan fingerprint density at radius 3 is 2.88 bits per heavy atom. The fraction of sp³-hybridized carbons (Fsp3) is 0.174. The number of hydrazone groups is 1. The first kappa shape index (κ1) is 19.4. The Morgan fingerprint density at radius 1 is 1.09 bits per heavy atom.